The first kappa shape index (κ1) is 16.7. The molecule has 1 unspecified atom stereocenters. The second kappa shape index (κ2) is 7.09. The van der Waals surface area contributed by atoms with Gasteiger partial charge in [0.05, 0.1) is 28.1 Å². The van der Waals surface area contributed by atoms with Crippen LogP contribution in [0.3, 0.4) is 0 Å². The lowest BCUT2D eigenvalue weighted by Gasteiger charge is -2.39. The largest absolute Gasteiger partial charge is 0.390 e. The summed E-state index contributed by atoms with van der Waals surface area (Å²) >= 11 is 6.42. The fourth-order valence-electron chi connectivity index (χ4n) is 2.97. The number of aliphatic hydroxyl groups is 1. The van der Waals surface area contributed by atoms with Crippen LogP contribution in [-0.4, -0.2) is 46.9 Å². The van der Waals surface area contributed by atoms with Gasteiger partial charge in [0, 0.05) is 46.1 Å². The van der Waals surface area contributed by atoms with Gasteiger partial charge < -0.3 is 14.6 Å². The summed E-state index contributed by atoms with van der Waals surface area (Å²) < 4.78 is 12.9. The van der Waals surface area contributed by atoms with E-state index in [1.807, 2.05) is 18.5 Å². The minimum absolute atomic E-state index is 0.452. The van der Waals surface area contributed by atoms with Crippen molar-refractivity contribution < 1.29 is 14.6 Å². The third-order valence-corrected chi connectivity index (χ3v) is 4.87. The van der Waals surface area contributed by atoms with Crippen LogP contribution in [0.4, 0.5) is 0 Å². The van der Waals surface area contributed by atoms with Gasteiger partial charge in [0.25, 0.3) is 0 Å². The van der Waals surface area contributed by atoms with E-state index >= 15 is 0 Å². The smallest absolute Gasteiger partial charge is 0.0983 e. The Morgan fingerprint density at radius 1 is 1.43 bits per heavy atom. The Bertz CT molecular complexity index is 470. The van der Waals surface area contributed by atoms with Gasteiger partial charge in [-0.25, -0.2) is 0 Å². The van der Waals surface area contributed by atoms with Crippen LogP contribution >= 0.6 is 11.6 Å². The molecule has 1 aliphatic heterocycles. The van der Waals surface area contributed by atoms with Crippen LogP contribution in [0.1, 0.15) is 38.1 Å². The lowest BCUT2D eigenvalue weighted by molar-refractivity contribution is -0.151. The van der Waals surface area contributed by atoms with Crippen molar-refractivity contribution in [3.8, 4) is 0 Å². The number of aryl methyl sites for hydroxylation is 2. The Labute approximate surface area is 131 Å². The maximum Gasteiger partial charge on any atom is 0.0983 e. The monoisotopic (exact) mass is 316 g/mol. The zero-order chi connectivity index (χ0) is 15.5. The van der Waals surface area contributed by atoms with Crippen molar-refractivity contribution in [1.29, 1.82) is 0 Å². The molecule has 5 nitrogen and oxygen atoms in total. The molecule has 1 aromatic heterocycles. The molecular weight excluding hydrogens is 292 g/mol. The zero-order valence-electron chi connectivity index (χ0n) is 13.1. The Morgan fingerprint density at radius 2 is 2.10 bits per heavy atom. The van der Waals surface area contributed by atoms with E-state index < -0.39 is 11.7 Å². The fourth-order valence-corrected chi connectivity index (χ4v) is 3.32. The van der Waals surface area contributed by atoms with Gasteiger partial charge in [-0.3, -0.25) is 4.68 Å². The highest BCUT2D eigenvalue weighted by molar-refractivity contribution is 6.31. The zero-order valence-corrected chi connectivity index (χ0v) is 13.8. The van der Waals surface area contributed by atoms with Crippen LogP contribution in [0.2, 0.25) is 5.02 Å². The van der Waals surface area contributed by atoms with Crippen LogP contribution in [0.25, 0.3) is 0 Å². The van der Waals surface area contributed by atoms with Gasteiger partial charge in [-0.05, 0) is 13.3 Å². The predicted molar refractivity (Wildman–Crippen MR) is 81.8 cm³/mol. The standard InChI is InChI=1S/C15H25ClN2O3/c1-4-11-14(16)12(18(5-2)17-11)10-13(19)15(20-3)6-8-21-9-7-15/h13,19H,4-10H2,1-3H3. The van der Waals surface area contributed by atoms with Crippen molar-refractivity contribution in [3.05, 3.63) is 16.4 Å². The maximum absolute atomic E-state index is 10.7. The number of hydrogen-bond donors (Lipinski definition) is 1. The molecule has 0 spiro atoms. The molecule has 0 bridgehead atoms. The second-order valence-electron chi connectivity index (χ2n) is 5.48. The summed E-state index contributed by atoms with van der Waals surface area (Å²) in [7, 11) is 1.66. The summed E-state index contributed by atoms with van der Waals surface area (Å²) in [5.74, 6) is 0. The number of aliphatic hydroxyl groups excluding tert-OH is 1. The number of aromatic nitrogens is 2. The maximum atomic E-state index is 10.7. The van der Waals surface area contributed by atoms with Crippen molar-refractivity contribution in [3.63, 3.8) is 0 Å². The Kier molecular flexibility index (Phi) is 5.66. The molecule has 0 aromatic carbocycles. The van der Waals surface area contributed by atoms with E-state index in [0.717, 1.165) is 24.4 Å². The van der Waals surface area contributed by atoms with Crippen LogP contribution in [0, 0.1) is 0 Å². The van der Waals surface area contributed by atoms with E-state index in [1.165, 1.54) is 0 Å². The predicted octanol–water partition coefficient (Wildman–Crippen LogP) is 2.22. The van der Waals surface area contributed by atoms with E-state index in [1.54, 1.807) is 7.11 Å². The highest BCUT2D eigenvalue weighted by Gasteiger charge is 2.40. The van der Waals surface area contributed by atoms with Crippen molar-refractivity contribution >= 4 is 11.6 Å². The van der Waals surface area contributed by atoms with Gasteiger partial charge in [0.15, 0.2) is 0 Å². The van der Waals surface area contributed by atoms with Crippen LogP contribution in [0.15, 0.2) is 0 Å². The van der Waals surface area contributed by atoms with E-state index in [9.17, 15) is 5.11 Å². The number of nitrogens with zero attached hydrogens (tertiary/aromatic N) is 2. The Morgan fingerprint density at radius 3 is 2.62 bits per heavy atom. The highest BCUT2D eigenvalue weighted by Crippen LogP contribution is 2.32. The van der Waals surface area contributed by atoms with Gasteiger partial charge in [-0.1, -0.05) is 18.5 Å². The molecule has 21 heavy (non-hydrogen) atoms. The first-order valence-corrected chi connectivity index (χ1v) is 8.00. The molecule has 0 radical (unpaired) electrons. The number of hydrogen-bond acceptors (Lipinski definition) is 4. The van der Waals surface area contributed by atoms with Crippen LogP contribution < -0.4 is 0 Å². The van der Waals surface area contributed by atoms with Crippen molar-refractivity contribution in [2.24, 2.45) is 0 Å². The quantitative estimate of drug-likeness (QED) is 0.874. The lowest BCUT2D eigenvalue weighted by atomic mass is 9.85. The molecule has 1 fully saturated rings. The molecule has 6 heteroatoms. The van der Waals surface area contributed by atoms with Gasteiger partial charge in [-0.2, -0.15) is 5.10 Å². The molecule has 0 amide bonds. The normalized spacial score (nSPS) is 19.7. The molecule has 120 valence electrons. The van der Waals surface area contributed by atoms with Gasteiger partial charge in [-0.15, -0.1) is 0 Å². The molecule has 0 saturated carbocycles. The molecule has 1 aliphatic rings. The molecule has 1 atom stereocenters. The SMILES string of the molecule is CCc1nn(CC)c(CC(O)C2(OC)CCOCC2)c1Cl. The van der Waals surface area contributed by atoms with Crippen LogP contribution in [0.5, 0.6) is 0 Å². The number of methoxy groups -OCH3 is 1. The second-order valence-corrected chi connectivity index (χ2v) is 5.86. The summed E-state index contributed by atoms with van der Waals surface area (Å²) in [5, 5.41) is 15.9. The average molecular weight is 317 g/mol. The molecular formula is C15H25ClN2O3. The minimum Gasteiger partial charge on any atom is -0.390 e. The van der Waals surface area contributed by atoms with Crippen LogP contribution in [-0.2, 0) is 28.9 Å². The molecule has 1 aromatic rings. The Hall–Kier alpha value is -0.620. The minimum atomic E-state index is -0.615. The number of rotatable bonds is 6. The molecule has 1 N–H and O–H groups in total. The number of ether oxygens (including phenoxy) is 2. The van der Waals surface area contributed by atoms with E-state index in [4.69, 9.17) is 21.1 Å². The molecule has 0 aliphatic carbocycles. The highest BCUT2D eigenvalue weighted by atomic mass is 35.5. The van der Waals surface area contributed by atoms with Crippen molar-refractivity contribution in [2.75, 3.05) is 20.3 Å². The average Bonchev–Trinajstić information content (AvgIpc) is 2.83. The molecule has 1 saturated heterocycles. The van der Waals surface area contributed by atoms with Crippen molar-refractivity contribution in [2.45, 2.75) is 57.8 Å². The third kappa shape index (κ3) is 3.26. The third-order valence-electron chi connectivity index (χ3n) is 4.43. The van der Waals surface area contributed by atoms with E-state index in [0.29, 0.717) is 37.5 Å². The van der Waals surface area contributed by atoms with Gasteiger partial charge in [0.2, 0.25) is 0 Å². The summed E-state index contributed by atoms with van der Waals surface area (Å²) in [6.07, 6.45) is 2.02. The Balaban J connectivity index is 2.22. The van der Waals surface area contributed by atoms with Gasteiger partial charge in [0.1, 0.15) is 0 Å². The summed E-state index contributed by atoms with van der Waals surface area (Å²) in [4.78, 5) is 0. The van der Waals surface area contributed by atoms with Gasteiger partial charge >= 0.3 is 0 Å². The summed E-state index contributed by atoms with van der Waals surface area (Å²) in [6.45, 7) is 6.03. The first-order chi connectivity index (χ1) is 10.1. The first-order valence-electron chi connectivity index (χ1n) is 7.63. The van der Waals surface area contributed by atoms with E-state index in [2.05, 4.69) is 5.10 Å². The number of halogens is 1. The fraction of sp³-hybridized carbons (Fsp3) is 0.800. The lowest BCUT2D eigenvalue weighted by Crippen LogP contribution is -2.49. The topological polar surface area (TPSA) is 56.5 Å². The molecule has 2 heterocycles. The summed E-state index contributed by atoms with van der Waals surface area (Å²) in [5.41, 5.74) is 1.24. The summed E-state index contributed by atoms with van der Waals surface area (Å²) in [6, 6.07) is 0. The molecule has 2 rings (SSSR count). The van der Waals surface area contributed by atoms with E-state index in [-0.39, 0.29) is 0 Å². The van der Waals surface area contributed by atoms with Crippen molar-refractivity contribution in [1.82, 2.24) is 9.78 Å².